The van der Waals surface area contributed by atoms with Crippen LogP contribution in [0.5, 0.6) is 0 Å². The van der Waals surface area contributed by atoms with Crippen LogP contribution in [0.4, 0.5) is 0 Å². The number of thiol groups is 1. The Kier molecular flexibility index (Phi) is 3.82. The maximum Gasteiger partial charge on any atom is 0.229 e. The molecule has 2 amide bonds. The number of amides is 2. The Morgan fingerprint density at radius 1 is 1.27 bits per heavy atom. The number of imide groups is 1. The van der Waals surface area contributed by atoms with Gasteiger partial charge in [-0.3, -0.25) is 14.5 Å². The Morgan fingerprint density at radius 3 is 2.07 bits per heavy atom. The van der Waals surface area contributed by atoms with Gasteiger partial charge < -0.3 is 0 Å². The van der Waals surface area contributed by atoms with Crippen molar-refractivity contribution in [2.45, 2.75) is 33.6 Å². The van der Waals surface area contributed by atoms with Crippen molar-refractivity contribution in [3.05, 3.63) is 0 Å². The second kappa shape index (κ2) is 4.56. The van der Waals surface area contributed by atoms with E-state index in [2.05, 4.69) is 33.4 Å². The first-order chi connectivity index (χ1) is 6.86. The van der Waals surface area contributed by atoms with Crippen molar-refractivity contribution in [2.75, 3.05) is 12.3 Å². The summed E-state index contributed by atoms with van der Waals surface area (Å²) in [5.74, 6) is 0.888. The third kappa shape index (κ3) is 2.97. The smallest absolute Gasteiger partial charge is 0.229 e. The van der Waals surface area contributed by atoms with Gasteiger partial charge in [0, 0.05) is 19.4 Å². The number of rotatable bonds is 3. The topological polar surface area (TPSA) is 37.4 Å². The average Bonchev–Trinajstić information content (AvgIpc) is 2.41. The van der Waals surface area contributed by atoms with E-state index in [0.717, 1.165) is 0 Å². The van der Waals surface area contributed by atoms with Crippen LogP contribution in [0.25, 0.3) is 0 Å². The fourth-order valence-corrected chi connectivity index (χ4v) is 2.32. The quantitative estimate of drug-likeness (QED) is 0.591. The third-order valence-electron chi connectivity index (χ3n) is 3.00. The minimum atomic E-state index is -0.0315. The van der Waals surface area contributed by atoms with Gasteiger partial charge in [-0.25, -0.2) is 0 Å². The van der Waals surface area contributed by atoms with Gasteiger partial charge >= 0.3 is 0 Å². The zero-order chi connectivity index (χ0) is 11.6. The molecule has 0 aromatic carbocycles. The predicted molar refractivity (Wildman–Crippen MR) is 62.8 cm³/mol. The van der Waals surface area contributed by atoms with Gasteiger partial charge in [-0.1, -0.05) is 20.8 Å². The number of likely N-dealkylation sites (tertiary alicyclic amines) is 1. The number of carbonyl (C=O) groups is 2. The van der Waals surface area contributed by atoms with Crippen LogP contribution >= 0.6 is 12.6 Å². The van der Waals surface area contributed by atoms with E-state index in [0.29, 0.717) is 25.1 Å². The molecule has 1 saturated heterocycles. The molecule has 0 N–H and O–H groups in total. The first-order valence-corrected chi connectivity index (χ1v) is 5.93. The highest BCUT2D eigenvalue weighted by Gasteiger charge is 2.33. The van der Waals surface area contributed by atoms with Gasteiger partial charge in [-0.05, 0) is 17.1 Å². The van der Waals surface area contributed by atoms with Gasteiger partial charge in [0.15, 0.2) is 0 Å². The minimum Gasteiger partial charge on any atom is -0.282 e. The highest BCUT2D eigenvalue weighted by atomic mass is 32.1. The molecule has 1 heterocycles. The van der Waals surface area contributed by atoms with E-state index < -0.39 is 0 Å². The summed E-state index contributed by atoms with van der Waals surface area (Å²) in [4.78, 5) is 24.3. The standard InChI is InChI=1S/C11H19NO2S/c1-11(2,3)8(7-15)6-12-9(13)4-5-10(12)14/h8,15H,4-7H2,1-3H3. The summed E-state index contributed by atoms with van der Waals surface area (Å²) in [5, 5.41) is 0. The van der Waals surface area contributed by atoms with Crippen LogP contribution < -0.4 is 0 Å². The molecule has 1 unspecified atom stereocenters. The molecule has 1 atom stereocenters. The van der Waals surface area contributed by atoms with E-state index in [1.165, 1.54) is 4.90 Å². The molecule has 0 bridgehead atoms. The first kappa shape index (κ1) is 12.6. The molecule has 3 nitrogen and oxygen atoms in total. The van der Waals surface area contributed by atoms with Crippen molar-refractivity contribution in [1.82, 2.24) is 4.90 Å². The number of nitrogens with zero attached hydrogens (tertiary/aromatic N) is 1. The zero-order valence-electron chi connectivity index (χ0n) is 9.62. The first-order valence-electron chi connectivity index (χ1n) is 5.30. The molecule has 15 heavy (non-hydrogen) atoms. The zero-order valence-corrected chi connectivity index (χ0v) is 10.5. The van der Waals surface area contributed by atoms with E-state index in [1.54, 1.807) is 0 Å². The average molecular weight is 229 g/mol. The van der Waals surface area contributed by atoms with Crippen molar-refractivity contribution < 1.29 is 9.59 Å². The van der Waals surface area contributed by atoms with Crippen LogP contribution in [0.1, 0.15) is 33.6 Å². The molecule has 86 valence electrons. The summed E-state index contributed by atoms with van der Waals surface area (Å²) in [6.45, 7) is 6.85. The Morgan fingerprint density at radius 2 is 1.73 bits per heavy atom. The van der Waals surface area contributed by atoms with E-state index in [9.17, 15) is 9.59 Å². The molecule has 0 spiro atoms. The van der Waals surface area contributed by atoms with Crippen LogP contribution in [0.15, 0.2) is 0 Å². The van der Waals surface area contributed by atoms with Gasteiger partial charge in [-0.2, -0.15) is 12.6 Å². The van der Waals surface area contributed by atoms with E-state index in [4.69, 9.17) is 0 Å². The summed E-state index contributed by atoms with van der Waals surface area (Å²) >= 11 is 4.29. The molecule has 0 aromatic rings. The second-order valence-electron chi connectivity index (χ2n) is 5.14. The fraction of sp³-hybridized carbons (Fsp3) is 0.818. The van der Waals surface area contributed by atoms with Crippen LogP contribution in [0.3, 0.4) is 0 Å². The maximum absolute atomic E-state index is 11.4. The lowest BCUT2D eigenvalue weighted by molar-refractivity contribution is -0.139. The van der Waals surface area contributed by atoms with Crippen molar-refractivity contribution in [3.8, 4) is 0 Å². The molecule has 4 heteroatoms. The lowest BCUT2D eigenvalue weighted by Crippen LogP contribution is -2.39. The van der Waals surface area contributed by atoms with Gasteiger partial charge in [0.25, 0.3) is 0 Å². The van der Waals surface area contributed by atoms with Crippen molar-refractivity contribution in [3.63, 3.8) is 0 Å². The number of carbonyl (C=O) groups excluding carboxylic acids is 2. The maximum atomic E-state index is 11.4. The normalized spacial score (nSPS) is 19.9. The molecular formula is C11H19NO2S. The fourth-order valence-electron chi connectivity index (χ4n) is 1.65. The molecule has 1 fully saturated rings. The van der Waals surface area contributed by atoms with Gasteiger partial charge in [0.05, 0.1) is 0 Å². The molecule has 0 aliphatic carbocycles. The second-order valence-corrected chi connectivity index (χ2v) is 5.51. The Hall–Kier alpha value is -0.510. The van der Waals surface area contributed by atoms with Crippen molar-refractivity contribution in [2.24, 2.45) is 11.3 Å². The Bertz CT molecular complexity index is 254. The number of hydrogen-bond acceptors (Lipinski definition) is 3. The van der Waals surface area contributed by atoms with Crippen LogP contribution in [-0.4, -0.2) is 29.0 Å². The van der Waals surface area contributed by atoms with Gasteiger partial charge in [0.2, 0.25) is 11.8 Å². The third-order valence-corrected chi connectivity index (χ3v) is 3.44. The number of hydrogen-bond donors (Lipinski definition) is 1. The van der Waals surface area contributed by atoms with E-state index in [-0.39, 0.29) is 23.1 Å². The molecule has 1 rings (SSSR count). The minimum absolute atomic E-state index is 0.0315. The van der Waals surface area contributed by atoms with E-state index in [1.807, 2.05) is 0 Å². The lowest BCUT2D eigenvalue weighted by atomic mass is 9.81. The van der Waals surface area contributed by atoms with Gasteiger partial charge in [0.1, 0.15) is 0 Å². The Balaban J connectivity index is 2.67. The largest absolute Gasteiger partial charge is 0.282 e. The van der Waals surface area contributed by atoms with Crippen molar-refractivity contribution >= 4 is 24.4 Å². The molecule has 1 aliphatic heterocycles. The lowest BCUT2D eigenvalue weighted by Gasteiger charge is -2.32. The highest BCUT2D eigenvalue weighted by Crippen LogP contribution is 2.29. The van der Waals surface area contributed by atoms with E-state index >= 15 is 0 Å². The molecule has 0 aromatic heterocycles. The van der Waals surface area contributed by atoms with Crippen LogP contribution in [0, 0.1) is 11.3 Å². The summed E-state index contributed by atoms with van der Waals surface area (Å²) in [6.07, 6.45) is 0.754. The predicted octanol–water partition coefficient (Wildman–Crippen LogP) is 1.73. The molecule has 0 saturated carbocycles. The summed E-state index contributed by atoms with van der Waals surface area (Å²) < 4.78 is 0. The molecule has 1 aliphatic rings. The SMILES string of the molecule is CC(C)(C)C(CS)CN1C(=O)CCC1=O. The summed E-state index contributed by atoms with van der Waals surface area (Å²) in [6, 6.07) is 0. The summed E-state index contributed by atoms with van der Waals surface area (Å²) in [5.41, 5.74) is 0.0743. The van der Waals surface area contributed by atoms with Crippen LogP contribution in [-0.2, 0) is 9.59 Å². The van der Waals surface area contributed by atoms with Crippen molar-refractivity contribution in [1.29, 1.82) is 0 Å². The highest BCUT2D eigenvalue weighted by molar-refractivity contribution is 7.80. The summed E-state index contributed by atoms with van der Waals surface area (Å²) in [7, 11) is 0. The van der Waals surface area contributed by atoms with Crippen LogP contribution in [0.2, 0.25) is 0 Å². The Labute approximate surface area is 96.6 Å². The monoisotopic (exact) mass is 229 g/mol. The molecular weight excluding hydrogens is 210 g/mol. The molecule has 0 radical (unpaired) electrons. The van der Waals surface area contributed by atoms with Gasteiger partial charge in [-0.15, -0.1) is 0 Å².